The molecule has 1 atom stereocenters. The molecule has 0 aliphatic rings. The van der Waals surface area contributed by atoms with Crippen molar-refractivity contribution in [2.75, 3.05) is 6.61 Å². The molecule has 5 nitrogen and oxygen atoms in total. The lowest BCUT2D eigenvalue weighted by Crippen LogP contribution is -2.23. The van der Waals surface area contributed by atoms with Gasteiger partial charge in [-0.15, -0.1) is 0 Å². The lowest BCUT2D eigenvalue weighted by Gasteiger charge is -2.30. The standard InChI is InChI=1S/C20H39O5P/c1-5-19(6-2,16-17(21)22)13-9-10-15-25-18(23)12-11-14-20(7-3,8-4)26-24/h18,23H,5-16H2,1-4H3,(H,21,22). The normalized spacial score (nSPS) is 13.9. The second kappa shape index (κ2) is 13.6. The van der Waals surface area contributed by atoms with Crippen molar-refractivity contribution in [3.63, 3.8) is 0 Å². The quantitative estimate of drug-likeness (QED) is 0.186. The minimum Gasteiger partial charge on any atom is -0.481 e. The van der Waals surface area contributed by atoms with E-state index in [0.717, 1.165) is 57.8 Å². The molecule has 0 radical (unpaired) electrons. The number of rotatable bonds is 17. The number of aliphatic carboxylic acids is 1. The van der Waals surface area contributed by atoms with E-state index in [2.05, 4.69) is 27.7 Å². The lowest BCUT2D eigenvalue weighted by molar-refractivity contribution is -0.140. The third-order valence-electron chi connectivity index (χ3n) is 6.04. The monoisotopic (exact) mass is 390 g/mol. The number of aliphatic hydroxyl groups is 1. The van der Waals surface area contributed by atoms with Gasteiger partial charge in [0.05, 0.1) is 11.6 Å². The van der Waals surface area contributed by atoms with E-state index in [9.17, 15) is 14.5 Å². The molecule has 0 heterocycles. The van der Waals surface area contributed by atoms with E-state index < -0.39 is 12.3 Å². The summed E-state index contributed by atoms with van der Waals surface area (Å²) in [5, 5.41) is 18.9. The Kier molecular flexibility index (Phi) is 13.4. The van der Waals surface area contributed by atoms with Gasteiger partial charge in [0.15, 0.2) is 14.8 Å². The number of hydrogen-bond donors (Lipinski definition) is 2. The van der Waals surface area contributed by atoms with Gasteiger partial charge in [0.2, 0.25) is 0 Å². The predicted octanol–water partition coefficient (Wildman–Crippen LogP) is 5.79. The summed E-state index contributed by atoms with van der Waals surface area (Å²) in [6.07, 6.45) is 7.73. The lowest BCUT2D eigenvalue weighted by atomic mass is 9.75. The molecular weight excluding hydrogens is 351 g/mol. The van der Waals surface area contributed by atoms with Crippen molar-refractivity contribution in [1.29, 1.82) is 0 Å². The summed E-state index contributed by atoms with van der Waals surface area (Å²) in [6.45, 7) is 8.71. The fourth-order valence-electron chi connectivity index (χ4n) is 3.55. The summed E-state index contributed by atoms with van der Waals surface area (Å²) in [4.78, 5) is 11.1. The maximum Gasteiger partial charge on any atom is 0.303 e. The van der Waals surface area contributed by atoms with Gasteiger partial charge >= 0.3 is 5.97 Å². The fourth-order valence-corrected chi connectivity index (χ4v) is 4.06. The first-order chi connectivity index (χ1) is 12.3. The fraction of sp³-hybridized carbons (Fsp3) is 0.950. The maximum atomic E-state index is 11.4. The Hall–Kier alpha value is -0.510. The molecule has 0 amide bonds. The molecule has 0 aliphatic carbocycles. The summed E-state index contributed by atoms with van der Waals surface area (Å²) >= 11 is 0. The van der Waals surface area contributed by atoms with Gasteiger partial charge in [0, 0.05) is 6.61 Å². The van der Waals surface area contributed by atoms with Gasteiger partial charge in [0.1, 0.15) is 0 Å². The largest absolute Gasteiger partial charge is 0.481 e. The van der Waals surface area contributed by atoms with Crippen LogP contribution in [-0.4, -0.2) is 34.2 Å². The first-order valence-electron chi connectivity index (χ1n) is 10.2. The molecular formula is C20H39O5P. The molecule has 0 spiro atoms. The van der Waals surface area contributed by atoms with Crippen LogP contribution in [0.2, 0.25) is 0 Å². The van der Waals surface area contributed by atoms with E-state index in [-0.39, 0.29) is 25.5 Å². The molecule has 0 bridgehead atoms. The first kappa shape index (κ1) is 25.5. The second-order valence-corrected chi connectivity index (χ2v) is 8.61. The number of hydrogen-bond acceptors (Lipinski definition) is 4. The average Bonchev–Trinajstić information content (AvgIpc) is 2.64. The first-order valence-corrected chi connectivity index (χ1v) is 11.0. The zero-order valence-electron chi connectivity index (χ0n) is 17.1. The summed E-state index contributed by atoms with van der Waals surface area (Å²) in [5.41, 5.74) is -0.119. The van der Waals surface area contributed by atoms with Crippen molar-refractivity contribution in [3.8, 4) is 0 Å². The highest BCUT2D eigenvalue weighted by molar-refractivity contribution is 7.26. The van der Waals surface area contributed by atoms with E-state index in [1.165, 1.54) is 0 Å². The molecule has 0 saturated heterocycles. The van der Waals surface area contributed by atoms with Gasteiger partial charge in [-0.25, -0.2) is 0 Å². The van der Waals surface area contributed by atoms with Crippen LogP contribution in [0.3, 0.4) is 0 Å². The van der Waals surface area contributed by atoms with Crippen LogP contribution in [0.1, 0.15) is 98.3 Å². The van der Waals surface area contributed by atoms with Crippen LogP contribution in [-0.2, 0) is 14.1 Å². The van der Waals surface area contributed by atoms with Gasteiger partial charge in [0.25, 0.3) is 0 Å². The number of carboxylic acids is 1. The average molecular weight is 391 g/mol. The number of carboxylic acid groups (broad SMARTS) is 1. The molecule has 6 heteroatoms. The zero-order valence-corrected chi connectivity index (χ0v) is 18.0. The Bertz CT molecular complexity index is 392. The van der Waals surface area contributed by atoms with Crippen molar-refractivity contribution in [3.05, 3.63) is 0 Å². The summed E-state index contributed by atoms with van der Waals surface area (Å²) in [5.74, 6) is -0.729. The summed E-state index contributed by atoms with van der Waals surface area (Å²) in [6, 6.07) is 0. The SMILES string of the molecule is CCC(CC)(CCCCOC(O)CCCC(CC)(CC)P=O)CC(=O)O. The number of aliphatic hydroxyl groups excluding tert-OH is 1. The minimum atomic E-state index is -0.772. The molecule has 0 aliphatic heterocycles. The molecule has 0 aromatic heterocycles. The second-order valence-electron chi connectivity index (χ2n) is 7.48. The Labute approximate surface area is 161 Å². The smallest absolute Gasteiger partial charge is 0.303 e. The van der Waals surface area contributed by atoms with Crippen LogP contribution in [0, 0.1) is 5.41 Å². The van der Waals surface area contributed by atoms with E-state index in [1.807, 2.05) is 0 Å². The van der Waals surface area contributed by atoms with E-state index >= 15 is 0 Å². The molecule has 0 fully saturated rings. The van der Waals surface area contributed by atoms with Gasteiger partial charge in [-0.3, -0.25) is 9.36 Å². The van der Waals surface area contributed by atoms with Gasteiger partial charge in [-0.2, -0.15) is 0 Å². The Balaban J connectivity index is 4.03. The highest BCUT2D eigenvalue weighted by Crippen LogP contribution is 2.37. The van der Waals surface area contributed by atoms with Crippen molar-refractivity contribution in [1.82, 2.24) is 0 Å². The van der Waals surface area contributed by atoms with Gasteiger partial charge in [-0.1, -0.05) is 34.1 Å². The summed E-state index contributed by atoms with van der Waals surface area (Å²) in [7, 11) is 0.195. The van der Waals surface area contributed by atoms with Crippen LogP contribution in [0.15, 0.2) is 0 Å². The highest BCUT2D eigenvalue weighted by atomic mass is 31.1. The van der Waals surface area contributed by atoms with Crippen LogP contribution in [0.4, 0.5) is 0 Å². The van der Waals surface area contributed by atoms with Crippen LogP contribution in [0.25, 0.3) is 0 Å². The number of carbonyl (C=O) groups is 1. The van der Waals surface area contributed by atoms with Crippen LogP contribution in [0.5, 0.6) is 0 Å². The molecule has 26 heavy (non-hydrogen) atoms. The molecule has 0 rings (SSSR count). The van der Waals surface area contributed by atoms with Crippen molar-refractivity contribution in [2.45, 2.75) is 110 Å². The van der Waals surface area contributed by atoms with E-state index in [1.54, 1.807) is 0 Å². The van der Waals surface area contributed by atoms with Crippen molar-refractivity contribution in [2.24, 2.45) is 5.41 Å². The van der Waals surface area contributed by atoms with Crippen LogP contribution >= 0.6 is 8.46 Å². The van der Waals surface area contributed by atoms with Crippen molar-refractivity contribution >= 4 is 14.4 Å². The Morgan fingerprint density at radius 2 is 1.62 bits per heavy atom. The van der Waals surface area contributed by atoms with Gasteiger partial charge < -0.3 is 14.9 Å². The number of unbranched alkanes of at least 4 members (excludes halogenated alkanes) is 1. The third-order valence-corrected chi connectivity index (χ3v) is 7.28. The van der Waals surface area contributed by atoms with Crippen molar-refractivity contribution < 1.29 is 24.3 Å². The molecule has 154 valence electrons. The Morgan fingerprint density at radius 1 is 1.00 bits per heavy atom. The molecule has 0 aromatic rings. The van der Waals surface area contributed by atoms with E-state index in [4.69, 9.17) is 9.84 Å². The molecule has 1 unspecified atom stereocenters. The third kappa shape index (κ3) is 9.43. The van der Waals surface area contributed by atoms with E-state index in [0.29, 0.717) is 13.0 Å². The van der Waals surface area contributed by atoms with Crippen LogP contribution < -0.4 is 0 Å². The topological polar surface area (TPSA) is 83.8 Å². The maximum absolute atomic E-state index is 11.4. The zero-order chi connectivity index (χ0) is 20.1. The Morgan fingerprint density at radius 3 is 2.08 bits per heavy atom. The predicted molar refractivity (Wildman–Crippen MR) is 106 cm³/mol. The summed E-state index contributed by atoms with van der Waals surface area (Å²) < 4.78 is 16.9. The molecule has 0 aromatic carbocycles. The molecule has 0 saturated carbocycles. The minimum absolute atomic E-state index is 0.119. The number of ether oxygens (including phenoxy) is 1. The van der Waals surface area contributed by atoms with Gasteiger partial charge in [-0.05, 0) is 63.2 Å². The highest BCUT2D eigenvalue weighted by Gasteiger charge is 2.28. The molecule has 2 N–H and O–H groups in total.